The molecule has 0 bridgehead atoms. The first-order valence-corrected chi connectivity index (χ1v) is 9.58. The summed E-state index contributed by atoms with van der Waals surface area (Å²) in [7, 11) is 4.69. The van der Waals surface area contributed by atoms with Crippen molar-refractivity contribution in [3.8, 4) is 17.2 Å². The van der Waals surface area contributed by atoms with Crippen molar-refractivity contribution in [3.63, 3.8) is 0 Å². The second kappa shape index (κ2) is 10.2. The van der Waals surface area contributed by atoms with Crippen molar-refractivity contribution in [2.75, 3.05) is 21.3 Å². The molecule has 0 spiro atoms. The van der Waals surface area contributed by atoms with Crippen LogP contribution in [0.1, 0.15) is 32.4 Å². The number of carbonyl (C=O) groups is 2. The van der Waals surface area contributed by atoms with E-state index in [9.17, 15) is 9.59 Å². The lowest BCUT2D eigenvalue weighted by Gasteiger charge is -2.21. The summed E-state index contributed by atoms with van der Waals surface area (Å²) in [6, 6.07) is 20.5. The average Bonchev–Trinajstić information content (AvgIpc) is 2.83. The Hall–Kier alpha value is -4.00. The fraction of sp³-hybridized carbons (Fsp3) is 0.167. The first-order chi connectivity index (χ1) is 15.0. The number of benzene rings is 3. The highest BCUT2D eigenvalue weighted by atomic mass is 16.5. The van der Waals surface area contributed by atoms with Crippen LogP contribution in [0.25, 0.3) is 0 Å². The highest BCUT2D eigenvalue weighted by molar-refractivity contribution is 5.97. The Balaban J connectivity index is 1.82. The molecule has 0 aliphatic carbocycles. The molecule has 0 fully saturated rings. The maximum absolute atomic E-state index is 12.8. The minimum Gasteiger partial charge on any atom is -0.497 e. The predicted octanol–water partition coefficient (Wildman–Crippen LogP) is 3.57. The second-order valence-electron chi connectivity index (χ2n) is 6.61. The monoisotopic (exact) mass is 420 g/mol. The third-order valence-corrected chi connectivity index (χ3v) is 4.70. The van der Waals surface area contributed by atoms with Gasteiger partial charge in [0.05, 0.1) is 21.3 Å². The number of rotatable bonds is 8. The third-order valence-electron chi connectivity index (χ3n) is 4.70. The van der Waals surface area contributed by atoms with Gasteiger partial charge in [0.25, 0.3) is 11.8 Å². The molecular formula is C24H24N2O5. The Labute approximate surface area is 180 Å². The number of ether oxygens (including phenoxy) is 3. The number of amides is 2. The molecule has 2 N–H and O–H groups in total. The van der Waals surface area contributed by atoms with E-state index < -0.39 is 6.17 Å². The number of methoxy groups -OCH3 is 3. The Morgan fingerprint density at radius 3 is 1.23 bits per heavy atom. The molecule has 3 rings (SSSR count). The fourth-order valence-corrected chi connectivity index (χ4v) is 2.91. The van der Waals surface area contributed by atoms with Gasteiger partial charge >= 0.3 is 0 Å². The van der Waals surface area contributed by atoms with E-state index in [1.807, 2.05) is 0 Å². The molecule has 0 aliphatic heterocycles. The predicted molar refractivity (Wildman–Crippen MR) is 117 cm³/mol. The van der Waals surface area contributed by atoms with Crippen LogP contribution in [0.5, 0.6) is 17.2 Å². The van der Waals surface area contributed by atoms with E-state index in [0.717, 1.165) is 0 Å². The lowest BCUT2D eigenvalue weighted by molar-refractivity contribution is 0.0883. The zero-order chi connectivity index (χ0) is 22.2. The molecule has 0 atom stereocenters. The van der Waals surface area contributed by atoms with Crippen molar-refractivity contribution in [1.82, 2.24) is 10.6 Å². The van der Waals surface area contributed by atoms with Gasteiger partial charge in [0.2, 0.25) is 0 Å². The van der Waals surface area contributed by atoms with Crippen LogP contribution in [-0.4, -0.2) is 33.1 Å². The van der Waals surface area contributed by atoms with E-state index in [4.69, 9.17) is 14.2 Å². The summed E-state index contributed by atoms with van der Waals surface area (Å²) in [5, 5.41) is 5.74. The van der Waals surface area contributed by atoms with E-state index in [2.05, 4.69) is 10.6 Å². The van der Waals surface area contributed by atoms with Crippen molar-refractivity contribution in [2.24, 2.45) is 0 Å². The molecule has 2 amide bonds. The molecule has 7 nitrogen and oxygen atoms in total. The Bertz CT molecular complexity index is 954. The van der Waals surface area contributed by atoms with Crippen LogP contribution in [0.4, 0.5) is 0 Å². The smallest absolute Gasteiger partial charge is 0.253 e. The minimum atomic E-state index is -0.755. The molecule has 0 saturated carbocycles. The molecule has 0 heterocycles. The van der Waals surface area contributed by atoms with Gasteiger partial charge in [-0.25, -0.2) is 0 Å². The lowest BCUT2D eigenvalue weighted by Crippen LogP contribution is -2.41. The van der Waals surface area contributed by atoms with Crippen molar-refractivity contribution >= 4 is 11.8 Å². The van der Waals surface area contributed by atoms with Crippen molar-refractivity contribution in [3.05, 3.63) is 89.5 Å². The molecule has 3 aromatic rings. The van der Waals surface area contributed by atoms with Gasteiger partial charge in [0, 0.05) is 11.1 Å². The zero-order valence-electron chi connectivity index (χ0n) is 17.5. The zero-order valence-corrected chi connectivity index (χ0v) is 17.5. The van der Waals surface area contributed by atoms with Crippen molar-refractivity contribution in [1.29, 1.82) is 0 Å². The third kappa shape index (κ3) is 5.54. The second-order valence-corrected chi connectivity index (χ2v) is 6.61. The fourth-order valence-electron chi connectivity index (χ4n) is 2.91. The summed E-state index contributed by atoms with van der Waals surface area (Å²) >= 11 is 0. The van der Waals surface area contributed by atoms with Gasteiger partial charge in [0.1, 0.15) is 23.4 Å². The van der Waals surface area contributed by atoms with E-state index in [-0.39, 0.29) is 11.8 Å². The van der Waals surface area contributed by atoms with Gasteiger partial charge in [-0.2, -0.15) is 0 Å². The molecule has 7 heteroatoms. The van der Waals surface area contributed by atoms with Gasteiger partial charge in [-0.05, 0) is 66.2 Å². The number of nitrogens with one attached hydrogen (secondary N) is 2. The molecule has 160 valence electrons. The first-order valence-electron chi connectivity index (χ1n) is 9.58. The van der Waals surface area contributed by atoms with Crippen LogP contribution in [0.3, 0.4) is 0 Å². The van der Waals surface area contributed by atoms with Gasteiger partial charge in [-0.15, -0.1) is 0 Å². The average molecular weight is 420 g/mol. The molecule has 0 saturated heterocycles. The Morgan fingerprint density at radius 1 is 0.581 bits per heavy atom. The molecule has 0 unspecified atom stereocenters. The van der Waals surface area contributed by atoms with Crippen LogP contribution < -0.4 is 24.8 Å². The molecule has 3 aromatic carbocycles. The minimum absolute atomic E-state index is 0.335. The number of hydrogen-bond acceptors (Lipinski definition) is 5. The van der Waals surface area contributed by atoms with Gasteiger partial charge in [0.15, 0.2) is 0 Å². The standard InChI is InChI=1S/C24H24N2O5/c1-29-19-10-4-16(5-11-19)22(25-23(27)17-6-12-20(30-2)13-7-17)26-24(28)18-8-14-21(31-3)15-9-18/h4-15,22H,1-3H3,(H,25,27)(H,26,28). The highest BCUT2D eigenvalue weighted by Crippen LogP contribution is 2.19. The van der Waals surface area contributed by atoms with Crippen LogP contribution in [0.2, 0.25) is 0 Å². The number of carbonyl (C=O) groups excluding carboxylic acids is 2. The molecular weight excluding hydrogens is 396 g/mol. The van der Waals surface area contributed by atoms with Crippen LogP contribution >= 0.6 is 0 Å². The van der Waals surface area contributed by atoms with Crippen molar-refractivity contribution < 1.29 is 23.8 Å². The molecule has 31 heavy (non-hydrogen) atoms. The summed E-state index contributed by atoms with van der Waals surface area (Å²) in [6.45, 7) is 0. The summed E-state index contributed by atoms with van der Waals surface area (Å²) in [5.41, 5.74) is 1.58. The number of hydrogen-bond donors (Lipinski definition) is 2. The van der Waals surface area contributed by atoms with E-state index in [0.29, 0.717) is 33.9 Å². The molecule has 0 radical (unpaired) electrons. The van der Waals surface area contributed by atoms with Gasteiger partial charge in [-0.1, -0.05) is 12.1 Å². The maximum atomic E-state index is 12.8. The van der Waals surface area contributed by atoms with E-state index in [1.165, 1.54) is 0 Å². The van der Waals surface area contributed by atoms with Crippen LogP contribution in [-0.2, 0) is 0 Å². The van der Waals surface area contributed by atoms with Crippen LogP contribution in [0, 0.1) is 0 Å². The maximum Gasteiger partial charge on any atom is 0.253 e. The highest BCUT2D eigenvalue weighted by Gasteiger charge is 2.19. The molecule has 0 aliphatic rings. The van der Waals surface area contributed by atoms with E-state index >= 15 is 0 Å². The Morgan fingerprint density at radius 2 is 0.903 bits per heavy atom. The SMILES string of the molecule is COc1ccc(C(=O)NC(NC(=O)c2ccc(OC)cc2)c2ccc(OC)cc2)cc1. The normalized spacial score (nSPS) is 10.3. The summed E-state index contributed by atoms with van der Waals surface area (Å²) < 4.78 is 15.5. The van der Waals surface area contributed by atoms with Gasteiger partial charge < -0.3 is 24.8 Å². The lowest BCUT2D eigenvalue weighted by atomic mass is 10.1. The van der Waals surface area contributed by atoms with Crippen molar-refractivity contribution in [2.45, 2.75) is 6.17 Å². The van der Waals surface area contributed by atoms with Gasteiger partial charge in [-0.3, -0.25) is 9.59 Å². The Kier molecular flexibility index (Phi) is 7.11. The van der Waals surface area contributed by atoms with E-state index in [1.54, 1.807) is 94.1 Å². The summed E-state index contributed by atoms with van der Waals surface area (Å²) in [6.07, 6.45) is -0.755. The van der Waals surface area contributed by atoms with Crippen LogP contribution in [0.15, 0.2) is 72.8 Å². The molecule has 0 aromatic heterocycles. The summed E-state index contributed by atoms with van der Waals surface area (Å²) in [5.74, 6) is 1.30. The topological polar surface area (TPSA) is 85.9 Å². The first kappa shape index (κ1) is 21.7. The quantitative estimate of drug-likeness (QED) is 0.544. The largest absolute Gasteiger partial charge is 0.497 e. The summed E-state index contributed by atoms with van der Waals surface area (Å²) in [4.78, 5) is 25.6.